The van der Waals surface area contributed by atoms with Gasteiger partial charge in [-0.1, -0.05) is 36.4 Å². The molecule has 0 spiro atoms. The van der Waals surface area contributed by atoms with E-state index < -0.39 is 19.7 Å². The Morgan fingerprint density at radius 3 is 2.50 bits per heavy atom. The summed E-state index contributed by atoms with van der Waals surface area (Å²) in [5.74, 6) is -1.28. The minimum Gasteiger partial charge on any atom is -0.479 e. The van der Waals surface area contributed by atoms with Gasteiger partial charge in [0.2, 0.25) is 0 Å². The van der Waals surface area contributed by atoms with Crippen molar-refractivity contribution in [3.63, 3.8) is 0 Å². The molecule has 0 radical (unpaired) electrons. The summed E-state index contributed by atoms with van der Waals surface area (Å²) in [5, 5.41) is 10.8. The van der Waals surface area contributed by atoms with Gasteiger partial charge in [-0.2, -0.15) is 0 Å². The van der Waals surface area contributed by atoms with Crippen molar-refractivity contribution in [2.45, 2.75) is 12.3 Å². The number of carbonyl (C=O) groups is 1. The van der Waals surface area contributed by atoms with Crippen LogP contribution in [-0.2, 0) is 20.0 Å². The van der Waals surface area contributed by atoms with Gasteiger partial charge in [0.05, 0.1) is 6.16 Å². The van der Waals surface area contributed by atoms with Crippen molar-refractivity contribution in [3.8, 4) is 0 Å². The summed E-state index contributed by atoms with van der Waals surface area (Å²) < 4.78 is 17.0. The molecule has 2 atom stereocenters. The van der Waals surface area contributed by atoms with Crippen molar-refractivity contribution in [1.29, 1.82) is 0 Å². The second-order valence-electron chi connectivity index (χ2n) is 4.12. The van der Waals surface area contributed by atoms with Crippen molar-refractivity contribution in [2.75, 3.05) is 0 Å². The van der Waals surface area contributed by atoms with Crippen molar-refractivity contribution >= 4 is 24.9 Å². The molecule has 106 valence electrons. The van der Waals surface area contributed by atoms with Gasteiger partial charge in [-0.3, -0.25) is 9.09 Å². The third-order valence-corrected chi connectivity index (χ3v) is 4.74. The highest BCUT2D eigenvalue weighted by Crippen LogP contribution is 2.50. The van der Waals surface area contributed by atoms with Gasteiger partial charge in [0, 0.05) is 4.88 Å². The molecule has 1 heterocycles. The number of benzene rings is 1. The zero-order valence-corrected chi connectivity index (χ0v) is 12.1. The van der Waals surface area contributed by atoms with E-state index in [9.17, 15) is 14.3 Å². The first-order valence-electron chi connectivity index (χ1n) is 5.78. The summed E-state index contributed by atoms with van der Waals surface area (Å²) in [6, 6.07) is 11.9. The fraction of sp³-hybridized carbons (Fsp3) is 0.154. The fourth-order valence-corrected chi connectivity index (χ4v) is 3.77. The maximum Gasteiger partial charge on any atom is 0.338 e. The lowest BCUT2D eigenvalue weighted by Gasteiger charge is -2.17. The molecule has 0 bridgehead atoms. The van der Waals surface area contributed by atoms with Gasteiger partial charge in [-0.25, -0.2) is 4.79 Å². The first-order valence-corrected chi connectivity index (χ1v) is 8.42. The lowest BCUT2D eigenvalue weighted by Crippen LogP contribution is -2.13. The smallest absolute Gasteiger partial charge is 0.338 e. The molecule has 0 saturated heterocycles. The highest BCUT2D eigenvalue weighted by molar-refractivity contribution is 7.52. The van der Waals surface area contributed by atoms with Crippen LogP contribution in [0.3, 0.4) is 0 Å². The largest absolute Gasteiger partial charge is 0.479 e. The molecule has 0 aliphatic rings. The van der Waals surface area contributed by atoms with E-state index in [1.807, 2.05) is 0 Å². The SMILES string of the molecule is O=C(O)C(OP(=O)(O)Cc1ccccc1)c1cccs1. The van der Waals surface area contributed by atoms with Crippen LogP contribution in [0.5, 0.6) is 0 Å². The number of hydrogen-bond donors (Lipinski definition) is 2. The molecular formula is C13H13O5PS. The van der Waals surface area contributed by atoms with Gasteiger partial charge in [0.1, 0.15) is 0 Å². The molecule has 2 rings (SSSR count). The molecule has 1 aromatic heterocycles. The van der Waals surface area contributed by atoms with E-state index in [2.05, 4.69) is 0 Å². The Morgan fingerprint density at radius 2 is 1.95 bits per heavy atom. The molecule has 2 aromatic rings. The summed E-state index contributed by atoms with van der Waals surface area (Å²) in [6.45, 7) is 0. The van der Waals surface area contributed by atoms with Crippen molar-refractivity contribution in [1.82, 2.24) is 0 Å². The summed E-state index contributed by atoms with van der Waals surface area (Å²) in [4.78, 5) is 21.4. The fourth-order valence-electron chi connectivity index (χ4n) is 1.68. The standard InChI is InChI=1S/C13H13O5PS/c14-13(15)12(11-7-4-8-20-11)18-19(16,17)9-10-5-2-1-3-6-10/h1-8,12H,9H2,(H,14,15)(H,16,17). The maximum atomic E-state index is 12.1. The summed E-state index contributed by atoms with van der Waals surface area (Å²) in [7, 11) is -4.04. The second-order valence-corrected chi connectivity index (χ2v) is 6.90. The van der Waals surface area contributed by atoms with E-state index >= 15 is 0 Å². The van der Waals surface area contributed by atoms with Crippen LogP contribution in [0.15, 0.2) is 47.8 Å². The van der Waals surface area contributed by atoms with Crippen LogP contribution in [-0.4, -0.2) is 16.0 Å². The quantitative estimate of drug-likeness (QED) is 0.800. The average Bonchev–Trinajstić information content (AvgIpc) is 2.90. The van der Waals surface area contributed by atoms with Gasteiger partial charge in [0.25, 0.3) is 0 Å². The molecule has 20 heavy (non-hydrogen) atoms. The van der Waals surface area contributed by atoms with Crippen molar-refractivity contribution < 1.29 is 23.9 Å². The lowest BCUT2D eigenvalue weighted by molar-refractivity contribution is -0.145. The monoisotopic (exact) mass is 312 g/mol. The molecule has 0 saturated carbocycles. The molecule has 0 amide bonds. The minimum absolute atomic E-state index is 0.219. The zero-order valence-electron chi connectivity index (χ0n) is 10.4. The maximum absolute atomic E-state index is 12.1. The normalized spacial score (nSPS) is 15.4. The number of thiophene rings is 1. The number of aliphatic carboxylic acids is 1. The van der Waals surface area contributed by atoms with Crippen LogP contribution >= 0.6 is 18.9 Å². The Bertz CT molecular complexity index is 611. The van der Waals surface area contributed by atoms with Crippen LogP contribution in [0.4, 0.5) is 0 Å². The number of rotatable bonds is 6. The average molecular weight is 312 g/mol. The van der Waals surface area contributed by atoms with E-state index in [-0.39, 0.29) is 6.16 Å². The van der Waals surface area contributed by atoms with Crippen molar-refractivity contribution in [3.05, 3.63) is 58.3 Å². The van der Waals surface area contributed by atoms with Crippen LogP contribution in [0.25, 0.3) is 0 Å². The molecule has 1 aromatic carbocycles. The van der Waals surface area contributed by atoms with E-state index in [0.29, 0.717) is 10.4 Å². The molecule has 0 aliphatic heterocycles. The van der Waals surface area contributed by atoms with E-state index in [1.165, 1.54) is 11.3 Å². The van der Waals surface area contributed by atoms with Crippen LogP contribution in [0.2, 0.25) is 0 Å². The van der Waals surface area contributed by atoms with E-state index in [4.69, 9.17) is 9.63 Å². The van der Waals surface area contributed by atoms with Crippen LogP contribution in [0.1, 0.15) is 16.5 Å². The molecule has 0 aliphatic carbocycles. The van der Waals surface area contributed by atoms with Gasteiger partial charge in [0.15, 0.2) is 6.10 Å². The Morgan fingerprint density at radius 1 is 1.25 bits per heavy atom. The lowest BCUT2D eigenvalue weighted by atomic mass is 10.2. The third kappa shape index (κ3) is 4.02. The van der Waals surface area contributed by atoms with Gasteiger partial charge >= 0.3 is 13.6 Å². The zero-order chi connectivity index (χ0) is 14.6. The molecule has 0 fully saturated rings. The Labute approximate surface area is 120 Å². The van der Waals surface area contributed by atoms with Crippen molar-refractivity contribution in [2.24, 2.45) is 0 Å². The first-order chi connectivity index (χ1) is 9.48. The highest BCUT2D eigenvalue weighted by atomic mass is 32.1. The number of carboxylic acid groups (broad SMARTS) is 1. The second kappa shape index (κ2) is 6.33. The minimum atomic E-state index is -4.04. The molecule has 7 heteroatoms. The summed E-state index contributed by atoms with van der Waals surface area (Å²) in [6.07, 6.45) is -1.64. The third-order valence-electron chi connectivity index (χ3n) is 2.52. The first kappa shape index (κ1) is 14.9. The number of carboxylic acids is 1. The molecule has 5 nitrogen and oxygen atoms in total. The van der Waals surface area contributed by atoms with E-state index in [1.54, 1.807) is 47.8 Å². The molecule has 2 unspecified atom stereocenters. The molecular weight excluding hydrogens is 299 g/mol. The van der Waals surface area contributed by atoms with Crippen LogP contribution < -0.4 is 0 Å². The van der Waals surface area contributed by atoms with E-state index in [0.717, 1.165) is 0 Å². The van der Waals surface area contributed by atoms with Gasteiger partial charge < -0.3 is 10.00 Å². The number of hydrogen-bond acceptors (Lipinski definition) is 4. The molecule has 2 N–H and O–H groups in total. The topological polar surface area (TPSA) is 83.8 Å². The van der Waals surface area contributed by atoms with Gasteiger partial charge in [-0.15, -0.1) is 11.3 Å². The summed E-state index contributed by atoms with van der Waals surface area (Å²) in [5.41, 5.74) is 0.619. The van der Waals surface area contributed by atoms with Crippen LogP contribution in [0, 0.1) is 0 Å². The Balaban J connectivity index is 2.13. The van der Waals surface area contributed by atoms with Gasteiger partial charge in [-0.05, 0) is 17.0 Å². The predicted octanol–water partition coefficient (Wildman–Crippen LogP) is 3.28. The highest BCUT2D eigenvalue weighted by Gasteiger charge is 2.31. The summed E-state index contributed by atoms with van der Waals surface area (Å²) >= 11 is 1.17. The predicted molar refractivity (Wildman–Crippen MR) is 75.8 cm³/mol. The Hall–Kier alpha value is -1.46. The Kier molecular flexibility index (Phi) is 4.73.